The first-order chi connectivity index (χ1) is 17.9. The fourth-order valence-corrected chi connectivity index (χ4v) is 5.19. The Hall–Kier alpha value is -3.66. The Bertz CT molecular complexity index is 1540. The summed E-state index contributed by atoms with van der Waals surface area (Å²) >= 11 is 0. The van der Waals surface area contributed by atoms with Crippen molar-refractivity contribution < 1.29 is 27.5 Å². The summed E-state index contributed by atoms with van der Waals surface area (Å²) in [6, 6.07) is 4.22. The molecular weight excluding hydrogens is 512 g/mol. The van der Waals surface area contributed by atoms with Gasteiger partial charge in [0.25, 0.3) is 5.56 Å². The van der Waals surface area contributed by atoms with E-state index in [1.165, 1.54) is 24.4 Å². The minimum atomic E-state index is -4.08. The monoisotopic (exact) mass is 544 g/mol. The third kappa shape index (κ3) is 6.61. The topological polar surface area (TPSA) is 151 Å². The van der Waals surface area contributed by atoms with Gasteiger partial charge in [-0.1, -0.05) is 12.8 Å². The highest BCUT2D eigenvalue weighted by atomic mass is 32.2. The lowest BCUT2D eigenvalue weighted by Gasteiger charge is -2.21. The molecule has 0 radical (unpaired) electrons. The number of ether oxygens (including phenoxy) is 2. The number of aromatic amines is 2. The van der Waals surface area contributed by atoms with Crippen LogP contribution in [0.5, 0.6) is 0 Å². The summed E-state index contributed by atoms with van der Waals surface area (Å²) in [4.78, 5) is 42.5. The Labute approximate surface area is 220 Å². The molecule has 3 aromatic rings. The number of pyridine rings is 1. The first kappa shape index (κ1) is 28.9. The third-order valence-electron chi connectivity index (χ3n) is 5.41. The van der Waals surface area contributed by atoms with Crippen molar-refractivity contribution in [2.75, 3.05) is 32.8 Å². The van der Waals surface area contributed by atoms with Crippen molar-refractivity contribution >= 4 is 43.8 Å². The molecule has 0 saturated carbocycles. The van der Waals surface area contributed by atoms with E-state index >= 15 is 0 Å². The fourth-order valence-electron chi connectivity index (χ4n) is 3.81. The van der Waals surface area contributed by atoms with Crippen molar-refractivity contribution in [2.24, 2.45) is 0 Å². The zero-order valence-electron chi connectivity index (χ0n) is 21.8. The minimum absolute atomic E-state index is 0.00680. The lowest BCUT2D eigenvalue weighted by atomic mass is 10.1. The summed E-state index contributed by atoms with van der Waals surface area (Å²) < 4.78 is 38.6. The van der Waals surface area contributed by atoms with Crippen LogP contribution in [0.4, 0.5) is 0 Å². The number of rotatable bonds is 11. The van der Waals surface area contributed by atoms with Crippen molar-refractivity contribution in [1.29, 1.82) is 0 Å². The van der Waals surface area contributed by atoms with E-state index < -0.39 is 33.1 Å². The first-order valence-corrected chi connectivity index (χ1v) is 13.5. The molecule has 0 saturated heterocycles. The molecule has 0 aliphatic carbocycles. The smallest absolute Gasteiger partial charge is 0.340 e. The Morgan fingerprint density at radius 3 is 2.63 bits per heavy atom. The van der Waals surface area contributed by atoms with Crippen molar-refractivity contribution in [3.63, 3.8) is 0 Å². The van der Waals surface area contributed by atoms with E-state index in [1.54, 1.807) is 20.8 Å². The summed E-state index contributed by atoms with van der Waals surface area (Å²) in [7, 11) is -4.08. The zero-order valence-corrected chi connectivity index (χ0v) is 22.7. The van der Waals surface area contributed by atoms with Crippen LogP contribution in [-0.2, 0) is 24.3 Å². The molecule has 2 heterocycles. The maximum absolute atomic E-state index is 13.5. The van der Waals surface area contributed by atoms with E-state index in [0.717, 1.165) is 4.31 Å². The van der Waals surface area contributed by atoms with Gasteiger partial charge in [0.15, 0.2) is 0 Å². The standard InChI is InChI=1S/C26H32N4O7S/c1-6-11-30(12-10-27-16-21(31)37-26(3,4)5)38(34,35)17-8-9-20-18(14-17)22-19(25(33)36-13-7-2)15-28-23(22)24(32)29-20/h1,8-9,14-15,27-28H,7,10-13,16H2,2-5H3,(H,29,32). The number of carbonyl (C=O) groups excluding carboxylic acids is 2. The van der Waals surface area contributed by atoms with Crippen LogP contribution in [0.2, 0.25) is 0 Å². The molecule has 11 nitrogen and oxygen atoms in total. The van der Waals surface area contributed by atoms with Gasteiger partial charge in [-0.15, -0.1) is 6.42 Å². The van der Waals surface area contributed by atoms with Crippen LogP contribution in [-0.4, -0.2) is 73.0 Å². The Kier molecular flexibility index (Phi) is 8.98. The minimum Gasteiger partial charge on any atom is -0.462 e. The molecule has 1 aromatic carbocycles. The molecule has 0 atom stereocenters. The van der Waals surface area contributed by atoms with Gasteiger partial charge in [0.2, 0.25) is 10.0 Å². The van der Waals surface area contributed by atoms with Gasteiger partial charge in [-0.25, -0.2) is 13.2 Å². The first-order valence-electron chi connectivity index (χ1n) is 12.1. The molecule has 3 N–H and O–H groups in total. The van der Waals surface area contributed by atoms with Crippen molar-refractivity contribution in [3.8, 4) is 12.3 Å². The summed E-state index contributed by atoms with van der Waals surface area (Å²) in [5.41, 5.74) is -0.473. The largest absolute Gasteiger partial charge is 0.462 e. The van der Waals surface area contributed by atoms with Crippen LogP contribution in [0.25, 0.3) is 21.8 Å². The number of H-pyrrole nitrogens is 2. The van der Waals surface area contributed by atoms with Gasteiger partial charge < -0.3 is 24.8 Å². The number of nitrogens with zero attached hydrogens (tertiary/aromatic N) is 1. The normalized spacial score (nSPS) is 12.1. The number of aromatic nitrogens is 2. The van der Waals surface area contributed by atoms with Gasteiger partial charge in [0.1, 0.15) is 11.1 Å². The van der Waals surface area contributed by atoms with Gasteiger partial charge in [-0.05, 0) is 45.4 Å². The van der Waals surface area contributed by atoms with Gasteiger partial charge in [0, 0.05) is 35.6 Å². The highest BCUT2D eigenvalue weighted by Gasteiger charge is 2.26. The predicted molar refractivity (Wildman–Crippen MR) is 143 cm³/mol. The molecule has 204 valence electrons. The average molecular weight is 545 g/mol. The summed E-state index contributed by atoms with van der Waals surface area (Å²) in [6.45, 7) is 7.17. The van der Waals surface area contributed by atoms with Crippen LogP contribution < -0.4 is 10.9 Å². The average Bonchev–Trinajstić information content (AvgIpc) is 3.29. The molecule has 38 heavy (non-hydrogen) atoms. The lowest BCUT2D eigenvalue weighted by Crippen LogP contribution is -2.39. The van der Waals surface area contributed by atoms with Crippen LogP contribution in [0, 0.1) is 12.3 Å². The van der Waals surface area contributed by atoms with Gasteiger partial charge >= 0.3 is 11.9 Å². The van der Waals surface area contributed by atoms with E-state index in [9.17, 15) is 22.8 Å². The zero-order chi connectivity index (χ0) is 28.1. The van der Waals surface area contributed by atoms with Crippen LogP contribution >= 0.6 is 0 Å². The van der Waals surface area contributed by atoms with Crippen LogP contribution in [0.1, 0.15) is 44.5 Å². The molecule has 0 aliphatic heterocycles. The molecular formula is C26H32N4O7S. The van der Waals surface area contributed by atoms with Crippen LogP contribution in [0.3, 0.4) is 0 Å². The number of carbonyl (C=O) groups is 2. The summed E-state index contributed by atoms with van der Waals surface area (Å²) in [6.07, 6.45) is 7.44. The second-order valence-electron chi connectivity index (χ2n) is 9.56. The Morgan fingerprint density at radius 1 is 1.24 bits per heavy atom. The molecule has 12 heteroatoms. The Morgan fingerprint density at radius 2 is 1.97 bits per heavy atom. The number of esters is 2. The number of nitrogens with one attached hydrogen (secondary N) is 3. The SMILES string of the molecule is C#CCN(CCNCC(=O)OC(C)(C)C)S(=O)(=O)c1ccc2[nH]c(=O)c3[nH]cc(C(=O)OCCC)c3c2c1. The molecule has 0 spiro atoms. The van der Waals surface area contributed by atoms with Gasteiger partial charge in [-0.3, -0.25) is 9.59 Å². The molecule has 0 unspecified atom stereocenters. The van der Waals surface area contributed by atoms with Crippen molar-refractivity contribution in [3.05, 3.63) is 40.3 Å². The molecule has 3 rings (SSSR count). The quantitative estimate of drug-likeness (QED) is 0.189. The fraction of sp³-hybridized carbons (Fsp3) is 0.423. The van der Waals surface area contributed by atoms with Crippen molar-refractivity contribution in [1.82, 2.24) is 19.6 Å². The Balaban J connectivity index is 1.92. The maximum Gasteiger partial charge on any atom is 0.340 e. The van der Waals surface area contributed by atoms with E-state index in [-0.39, 0.29) is 54.1 Å². The van der Waals surface area contributed by atoms with E-state index in [1.807, 2.05) is 6.92 Å². The second kappa shape index (κ2) is 11.8. The number of benzene rings is 1. The number of hydrogen-bond acceptors (Lipinski definition) is 8. The molecule has 2 aromatic heterocycles. The molecule has 0 aliphatic rings. The molecule has 0 bridgehead atoms. The highest BCUT2D eigenvalue weighted by molar-refractivity contribution is 7.89. The molecule has 0 amide bonds. The third-order valence-corrected chi connectivity index (χ3v) is 7.25. The van der Waals surface area contributed by atoms with E-state index in [0.29, 0.717) is 17.3 Å². The number of hydrogen-bond donors (Lipinski definition) is 3. The van der Waals surface area contributed by atoms with Gasteiger partial charge in [0.05, 0.1) is 30.2 Å². The summed E-state index contributed by atoms with van der Waals surface area (Å²) in [5.74, 6) is 1.27. The maximum atomic E-state index is 13.5. The van der Waals surface area contributed by atoms with Gasteiger partial charge in [-0.2, -0.15) is 4.31 Å². The molecule has 0 fully saturated rings. The summed E-state index contributed by atoms with van der Waals surface area (Å²) in [5, 5.41) is 3.49. The van der Waals surface area contributed by atoms with E-state index in [4.69, 9.17) is 15.9 Å². The predicted octanol–water partition coefficient (Wildman–Crippen LogP) is 2.13. The second-order valence-corrected chi connectivity index (χ2v) is 11.5. The van der Waals surface area contributed by atoms with Crippen LogP contribution in [0.15, 0.2) is 34.1 Å². The number of fused-ring (bicyclic) bond motifs is 3. The number of sulfonamides is 1. The van der Waals surface area contributed by atoms with Crippen molar-refractivity contribution in [2.45, 2.75) is 44.6 Å². The number of terminal acetylenes is 1. The highest BCUT2D eigenvalue weighted by Crippen LogP contribution is 2.28. The lowest BCUT2D eigenvalue weighted by molar-refractivity contribution is -0.153. The van der Waals surface area contributed by atoms with E-state index in [2.05, 4.69) is 21.2 Å².